The number of fused-ring (bicyclic) bond motifs is 7. The molecule has 0 aliphatic carbocycles. The molecule has 0 aliphatic heterocycles. The number of hydrogen-bond acceptors (Lipinski definition) is 1. The van der Waals surface area contributed by atoms with Crippen molar-refractivity contribution < 1.29 is 0 Å². The van der Waals surface area contributed by atoms with Crippen LogP contribution in [0, 0.1) is 0 Å². The molecule has 0 amide bonds. The summed E-state index contributed by atoms with van der Waals surface area (Å²) in [5.74, 6) is 0.858. The molecular formula is C105H78N2. The summed E-state index contributed by atoms with van der Waals surface area (Å²) >= 11 is 0. The van der Waals surface area contributed by atoms with Crippen LogP contribution in [0.3, 0.4) is 0 Å². The van der Waals surface area contributed by atoms with Crippen LogP contribution in [-0.2, 0) is 10.8 Å². The molecule has 0 spiro atoms. The third-order valence-electron chi connectivity index (χ3n) is 22.2. The van der Waals surface area contributed by atoms with Gasteiger partial charge in [0.15, 0.2) is 0 Å². The Bertz CT molecular complexity index is 6530. The molecule has 0 N–H and O–H groups in total. The van der Waals surface area contributed by atoms with Crippen LogP contribution in [0.5, 0.6) is 0 Å². The van der Waals surface area contributed by atoms with Crippen LogP contribution >= 0.6 is 0 Å². The van der Waals surface area contributed by atoms with E-state index in [4.69, 9.17) is 4.98 Å². The predicted molar refractivity (Wildman–Crippen MR) is 457 cm³/mol. The maximum atomic E-state index is 5.74. The molecule has 18 aromatic carbocycles. The van der Waals surface area contributed by atoms with E-state index >= 15 is 0 Å². The van der Waals surface area contributed by atoms with Gasteiger partial charge >= 0.3 is 0 Å². The second-order valence-corrected chi connectivity index (χ2v) is 30.8. The molecule has 2 heteroatoms. The zero-order valence-corrected chi connectivity index (χ0v) is 61.0. The van der Waals surface area contributed by atoms with Crippen LogP contribution in [0.2, 0.25) is 0 Å². The first-order valence-corrected chi connectivity index (χ1v) is 37.5. The Hall–Kier alpha value is -13.0. The summed E-state index contributed by atoms with van der Waals surface area (Å²) in [7, 11) is 0. The molecule has 0 radical (unpaired) electrons. The first-order chi connectivity index (χ1) is 52.4. The molecule has 0 atom stereocenters. The molecule has 0 aliphatic rings. The van der Waals surface area contributed by atoms with Crippen molar-refractivity contribution in [2.24, 2.45) is 0 Å². The number of hydrogen-bond donors (Lipinski definition) is 0. The van der Waals surface area contributed by atoms with Gasteiger partial charge in [-0.05, 0) is 223 Å². The Balaban J connectivity index is 1.03. The smallest absolute Gasteiger partial charge is 0.145 e. The fourth-order valence-electron chi connectivity index (χ4n) is 17.3. The van der Waals surface area contributed by atoms with Crippen LogP contribution < -0.4 is 0 Å². The Morgan fingerprint density at radius 2 is 0.477 bits per heavy atom. The fraction of sp³-hybridized carbons (Fsp3) is 0.0762. The number of imidazole rings is 1. The van der Waals surface area contributed by atoms with Crippen molar-refractivity contribution in [1.82, 2.24) is 9.55 Å². The zero-order chi connectivity index (χ0) is 72.1. The normalized spacial score (nSPS) is 12.0. The topological polar surface area (TPSA) is 17.8 Å². The third kappa shape index (κ3) is 11.0. The summed E-state index contributed by atoms with van der Waals surface area (Å²) in [5, 5.41) is 12.1. The van der Waals surface area contributed by atoms with Gasteiger partial charge in [0.05, 0.1) is 11.0 Å². The average molecular weight is 1370 g/mol. The number of benzene rings is 18. The van der Waals surface area contributed by atoms with Crippen molar-refractivity contribution in [3.05, 3.63) is 375 Å². The summed E-state index contributed by atoms with van der Waals surface area (Å²) in [6.07, 6.45) is 0. The van der Waals surface area contributed by atoms with Gasteiger partial charge in [0.25, 0.3) is 0 Å². The minimum atomic E-state index is -0.0949. The maximum Gasteiger partial charge on any atom is 0.145 e. The molecule has 2 nitrogen and oxygen atoms in total. The highest BCUT2D eigenvalue weighted by Crippen LogP contribution is 2.60. The molecule has 508 valence electrons. The van der Waals surface area contributed by atoms with E-state index in [0.29, 0.717) is 0 Å². The van der Waals surface area contributed by atoms with Gasteiger partial charge in [0.1, 0.15) is 5.82 Å². The van der Waals surface area contributed by atoms with E-state index in [9.17, 15) is 0 Å². The lowest BCUT2D eigenvalue weighted by molar-refractivity contribution is 0.590. The van der Waals surface area contributed by atoms with Crippen LogP contribution in [0.4, 0.5) is 0 Å². The van der Waals surface area contributed by atoms with E-state index in [2.05, 4.69) is 410 Å². The molecular weight excluding hydrogens is 1290 g/mol. The van der Waals surface area contributed by atoms with Crippen molar-refractivity contribution in [2.75, 3.05) is 0 Å². The monoisotopic (exact) mass is 1370 g/mol. The molecule has 107 heavy (non-hydrogen) atoms. The first-order valence-electron chi connectivity index (χ1n) is 37.5. The van der Waals surface area contributed by atoms with Gasteiger partial charge in [0, 0.05) is 11.3 Å². The second kappa shape index (κ2) is 26.0. The molecule has 0 fully saturated rings. The van der Waals surface area contributed by atoms with E-state index in [0.717, 1.165) is 100 Å². The quantitative estimate of drug-likeness (QED) is 0.0880. The lowest BCUT2D eigenvalue weighted by Gasteiger charge is -2.30. The van der Waals surface area contributed by atoms with E-state index in [1.165, 1.54) is 104 Å². The Morgan fingerprint density at radius 3 is 0.832 bits per heavy atom. The van der Waals surface area contributed by atoms with Gasteiger partial charge < -0.3 is 0 Å². The first kappa shape index (κ1) is 64.8. The van der Waals surface area contributed by atoms with E-state index in [1.807, 2.05) is 0 Å². The largest absolute Gasteiger partial charge is 0.292 e. The predicted octanol–water partition coefficient (Wildman–Crippen LogP) is 29.2. The summed E-state index contributed by atoms with van der Waals surface area (Å²) < 4.78 is 2.40. The molecule has 0 saturated heterocycles. The number of aromatic nitrogens is 2. The molecule has 0 unspecified atom stereocenters. The molecule has 0 saturated carbocycles. The third-order valence-corrected chi connectivity index (χ3v) is 22.2. The standard InChI is InChI=1S/C105H78N2/c1-104(2,3)80-59-55-74(56-60-80)91-92(75-57-61-81(62-58-75)105(4,5)6)96(76-47-30-48-77(63-76)103-106-87-53-28-29-54-88(87)107(103)82-65-78(67-33-14-7-15-34-67)64-79(66-82)68-35-16-8-17-36-68)102-86-52-32-50-84-98(86)97-83(49-31-51-85(97)101(102)95(91)73-45-26-13-27-46-73)99-93(71-41-22-11-23-42-71)89(69-37-18-9-19-38-69)90(70-39-20-10-21-40-70)94(100(84)99)72-43-24-12-25-44-72/h7-66H,1-6H3. The molecule has 1 aromatic heterocycles. The van der Waals surface area contributed by atoms with E-state index in [1.54, 1.807) is 0 Å². The fourth-order valence-corrected chi connectivity index (χ4v) is 17.3. The summed E-state index contributed by atoms with van der Waals surface area (Å²) in [5.41, 5.74) is 29.6. The lowest BCUT2D eigenvalue weighted by atomic mass is 9.73. The van der Waals surface area contributed by atoms with Crippen molar-refractivity contribution in [2.45, 2.75) is 52.4 Å². The van der Waals surface area contributed by atoms with Gasteiger partial charge in [0.2, 0.25) is 0 Å². The highest BCUT2D eigenvalue weighted by atomic mass is 15.1. The van der Waals surface area contributed by atoms with Crippen molar-refractivity contribution in [1.29, 1.82) is 0 Å². The van der Waals surface area contributed by atoms with Crippen molar-refractivity contribution in [3.8, 4) is 128 Å². The highest BCUT2D eigenvalue weighted by Gasteiger charge is 2.33. The highest BCUT2D eigenvalue weighted by molar-refractivity contribution is 6.46. The summed E-state index contributed by atoms with van der Waals surface area (Å²) in [4.78, 5) is 5.74. The van der Waals surface area contributed by atoms with Gasteiger partial charge in [-0.3, -0.25) is 4.57 Å². The van der Waals surface area contributed by atoms with E-state index in [-0.39, 0.29) is 10.8 Å². The number of para-hydroxylation sites is 2. The minimum absolute atomic E-state index is 0.0850. The van der Waals surface area contributed by atoms with Gasteiger partial charge in [-0.2, -0.15) is 0 Å². The van der Waals surface area contributed by atoms with E-state index < -0.39 is 0 Å². The van der Waals surface area contributed by atoms with Gasteiger partial charge in [-0.25, -0.2) is 4.98 Å². The number of rotatable bonds is 12. The van der Waals surface area contributed by atoms with Crippen LogP contribution in [0.15, 0.2) is 364 Å². The van der Waals surface area contributed by atoms with Crippen LogP contribution in [0.1, 0.15) is 52.7 Å². The molecule has 1 heterocycles. The Kier molecular flexibility index (Phi) is 15.7. The van der Waals surface area contributed by atoms with Crippen molar-refractivity contribution in [3.63, 3.8) is 0 Å². The summed E-state index contributed by atoms with van der Waals surface area (Å²) in [6, 6.07) is 136. The van der Waals surface area contributed by atoms with Crippen LogP contribution in [0.25, 0.3) is 193 Å². The Morgan fingerprint density at radius 1 is 0.206 bits per heavy atom. The maximum absolute atomic E-state index is 5.74. The van der Waals surface area contributed by atoms with Gasteiger partial charge in [-0.15, -0.1) is 0 Å². The Labute approximate surface area is 626 Å². The molecule has 19 aromatic rings. The van der Waals surface area contributed by atoms with Crippen LogP contribution in [-0.4, -0.2) is 9.55 Å². The lowest BCUT2D eigenvalue weighted by Crippen LogP contribution is -2.10. The zero-order valence-electron chi connectivity index (χ0n) is 61.0. The molecule has 19 rings (SSSR count). The minimum Gasteiger partial charge on any atom is -0.292 e. The average Bonchev–Trinajstić information content (AvgIpc) is 0.972. The SMILES string of the molecule is CC(C)(C)c1ccc(-c2c(-c3ccc(C(C)(C)C)cc3)c(-c3cccc(-c4nc5ccccc5n4-c4cc(-c5ccccc5)cc(-c5ccccc5)c4)c3)c3c4cccc5c6c(-c7ccccc7)c(-c7ccccc7)c(-c7ccccc7)c(-c7ccccc7)c6c6cccc(c3c2-c2ccccc2)c6c54)cc1. The second-order valence-electron chi connectivity index (χ2n) is 30.8. The molecule has 0 bridgehead atoms. The number of nitrogens with zero attached hydrogens (tertiary/aromatic N) is 2. The summed E-state index contributed by atoms with van der Waals surface area (Å²) in [6.45, 7) is 13.9. The van der Waals surface area contributed by atoms with Crippen molar-refractivity contribution >= 4 is 64.9 Å². The van der Waals surface area contributed by atoms with Gasteiger partial charge in [-0.1, -0.05) is 369 Å².